The first kappa shape index (κ1) is 20.6. The summed E-state index contributed by atoms with van der Waals surface area (Å²) in [5.41, 5.74) is 2.48. The number of aryl methyl sites for hydroxylation is 1. The summed E-state index contributed by atoms with van der Waals surface area (Å²) in [4.78, 5) is 24.5. The molecule has 3 rings (SSSR count). The Morgan fingerprint density at radius 1 is 1.07 bits per heavy atom. The van der Waals surface area contributed by atoms with E-state index < -0.39 is 0 Å². The third kappa shape index (κ3) is 5.45. The molecule has 150 valence electrons. The van der Waals surface area contributed by atoms with Crippen molar-refractivity contribution in [3.63, 3.8) is 0 Å². The third-order valence-electron chi connectivity index (χ3n) is 4.31. The average Bonchev–Trinajstić information content (AvgIpc) is 3.09. The topological polar surface area (TPSA) is 88.9 Å². The Bertz CT molecular complexity index is 986. The number of thioether (sulfide) groups is 1. The number of nitrogens with one attached hydrogen (secondary N) is 2. The normalized spacial score (nSPS) is 11.7. The van der Waals surface area contributed by atoms with E-state index in [-0.39, 0.29) is 23.6 Å². The minimum absolute atomic E-state index is 0.117. The SMILES string of the molecule is Cc1ccc(NC(=O)CSc2nnc([C@H](C)NC(=O)c3ccccc3)n2C)cc1. The van der Waals surface area contributed by atoms with Crippen molar-refractivity contribution in [2.45, 2.75) is 25.0 Å². The number of nitrogens with zero attached hydrogens (tertiary/aromatic N) is 3. The molecule has 0 aliphatic heterocycles. The van der Waals surface area contributed by atoms with Gasteiger partial charge in [-0.2, -0.15) is 0 Å². The molecule has 0 aliphatic rings. The number of hydrogen-bond donors (Lipinski definition) is 2. The summed E-state index contributed by atoms with van der Waals surface area (Å²) in [6.45, 7) is 3.85. The van der Waals surface area contributed by atoms with Gasteiger partial charge in [-0.25, -0.2) is 0 Å². The quantitative estimate of drug-likeness (QED) is 0.584. The first-order chi connectivity index (χ1) is 13.9. The highest BCUT2D eigenvalue weighted by Gasteiger charge is 2.19. The van der Waals surface area contributed by atoms with Crippen molar-refractivity contribution in [1.29, 1.82) is 0 Å². The minimum Gasteiger partial charge on any atom is -0.342 e. The van der Waals surface area contributed by atoms with Crippen LogP contribution < -0.4 is 10.6 Å². The summed E-state index contributed by atoms with van der Waals surface area (Å²) < 4.78 is 1.79. The number of carbonyl (C=O) groups excluding carboxylic acids is 2. The molecule has 1 aromatic heterocycles. The summed E-state index contributed by atoms with van der Waals surface area (Å²) in [6.07, 6.45) is 0. The monoisotopic (exact) mass is 409 g/mol. The number of rotatable bonds is 7. The number of benzene rings is 2. The minimum atomic E-state index is -0.323. The first-order valence-electron chi connectivity index (χ1n) is 9.18. The second kappa shape index (κ2) is 9.38. The Kier molecular flexibility index (Phi) is 6.66. The van der Waals surface area contributed by atoms with E-state index in [2.05, 4.69) is 20.8 Å². The van der Waals surface area contributed by atoms with E-state index in [0.29, 0.717) is 16.5 Å². The van der Waals surface area contributed by atoms with E-state index in [1.54, 1.807) is 16.7 Å². The summed E-state index contributed by atoms with van der Waals surface area (Å²) in [6, 6.07) is 16.3. The van der Waals surface area contributed by atoms with E-state index in [0.717, 1.165) is 11.3 Å². The van der Waals surface area contributed by atoms with Gasteiger partial charge in [0.1, 0.15) is 0 Å². The largest absolute Gasteiger partial charge is 0.342 e. The fourth-order valence-electron chi connectivity index (χ4n) is 2.73. The van der Waals surface area contributed by atoms with Gasteiger partial charge in [-0.15, -0.1) is 10.2 Å². The fraction of sp³-hybridized carbons (Fsp3) is 0.238. The molecule has 0 bridgehead atoms. The number of aromatic nitrogens is 3. The maximum absolute atomic E-state index is 12.3. The standard InChI is InChI=1S/C21H23N5O2S/c1-14-9-11-17(12-10-14)23-18(27)13-29-21-25-24-19(26(21)3)15(2)22-20(28)16-7-5-4-6-8-16/h4-12,15H,13H2,1-3H3,(H,22,28)(H,23,27)/t15-/m0/s1. The molecule has 2 amide bonds. The van der Waals surface area contributed by atoms with Gasteiger partial charge in [-0.05, 0) is 38.1 Å². The molecule has 0 fully saturated rings. The highest BCUT2D eigenvalue weighted by molar-refractivity contribution is 7.99. The fourth-order valence-corrected chi connectivity index (χ4v) is 3.45. The van der Waals surface area contributed by atoms with E-state index in [1.165, 1.54) is 11.8 Å². The molecule has 2 aromatic carbocycles. The first-order valence-corrected chi connectivity index (χ1v) is 10.2. The number of amides is 2. The van der Waals surface area contributed by atoms with Crippen molar-refractivity contribution in [2.75, 3.05) is 11.1 Å². The van der Waals surface area contributed by atoms with Crippen LogP contribution in [0.1, 0.15) is 34.7 Å². The van der Waals surface area contributed by atoms with Crippen molar-refractivity contribution >= 4 is 29.3 Å². The Morgan fingerprint density at radius 3 is 2.45 bits per heavy atom. The van der Waals surface area contributed by atoms with E-state index in [9.17, 15) is 9.59 Å². The Morgan fingerprint density at radius 2 is 1.76 bits per heavy atom. The summed E-state index contributed by atoms with van der Waals surface area (Å²) in [7, 11) is 1.82. The van der Waals surface area contributed by atoms with E-state index >= 15 is 0 Å². The average molecular weight is 410 g/mol. The van der Waals surface area contributed by atoms with Gasteiger partial charge >= 0.3 is 0 Å². The Labute approximate surface area is 173 Å². The van der Waals surface area contributed by atoms with Crippen LogP contribution in [0.3, 0.4) is 0 Å². The molecule has 0 aliphatic carbocycles. The van der Waals surface area contributed by atoms with Gasteiger partial charge in [0.05, 0.1) is 11.8 Å². The number of anilines is 1. The molecule has 0 radical (unpaired) electrons. The summed E-state index contributed by atoms with van der Waals surface area (Å²) in [5, 5.41) is 14.7. The van der Waals surface area contributed by atoms with Crippen molar-refractivity contribution in [3.05, 3.63) is 71.5 Å². The molecule has 0 spiro atoms. The van der Waals surface area contributed by atoms with Gasteiger partial charge in [0, 0.05) is 18.3 Å². The van der Waals surface area contributed by atoms with Crippen LogP contribution in [0.2, 0.25) is 0 Å². The lowest BCUT2D eigenvalue weighted by Crippen LogP contribution is -2.28. The van der Waals surface area contributed by atoms with Crippen molar-refractivity contribution in [1.82, 2.24) is 20.1 Å². The van der Waals surface area contributed by atoms with Crippen LogP contribution in [0, 0.1) is 6.92 Å². The van der Waals surface area contributed by atoms with Gasteiger partial charge in [0.2, 0.25) is 5.91 Å². The molecule has 7 nitrogen and oxygen atoms in total. The van der Waals surface area contributed by atoms with Gasteiger partial charge in [-0.3, -0.25) is 9.59 Å². The zero-order valence-electron chi connectivity index (χ0n) is 16.5. The van der Waals surface area contributed by atoms with E-state index in [1.807, 2.05) is 63.4 Å². The van der Waals surface area contributed by atoms with Crippen LogP contribution in [-0.2, 0) is 11.8 Å². The molecule has 1 heterocycles. The summed E-state index contributed by atoms with van der Waals surface area (Å²) in [5.74, 6) is 0.544. The van der Waals surface area contributed by atoms with Gasteiger partial charge in [-0.1, -0.05) is 47.7 Å². The maximum Gasteiger partial charge on any atom is 0.251 e. The van der Waals surface area contributed by atoms with Crippen LogP contribution in [0.5, 0.6) is 0 Å². The Balaban J connectivity index is 1.56. The van der Waals surface area contributed by atoms with E-state index in [4.69, 9.17) is 0 Å². The van der Waals surface area contributed by atoms with Crippen molar-refractivity contribution in [2.24, 2.45) is 7.05 Å². The van der Waals surface area contributed by atoms with Crippen LogP contribution in [0.15, 0.2) is 59.8 Å². The van der Waals surface area contributed by atoms with Crippen molar-refractivity contribution < 1.29 is 9.59 Å². The summed E-state index contributed by atoms with van der Waals surface area (Å²) >= 11 is 1.30. The van der Waals surface area contributed by atoms with Crippen LogP contribution in [0.25, 0.3) is 0 Å². The van der Waals surface area contributed by atoms with Crippen LogP contribution >= 0.6 is 11.8 Å². The lowest BCUT2D eigenvalue weighted by Gasteiger charge is -2.13. The third-order valence-corrected chi connectivity index (χ3v) is 5.33. The molecule has 3 aromatic rings. The van der Waals surface area contributed by atoms with Crippen LogP contribution in [0.4, 0.5) is 5.69 Å². The van der Waals surface area contributed by atoms with Gasteiger partial charge in [0.25, 0.3) is 5.91 Å². The lowest BCUT2D eigenvalue weighted by molar-refractivity contribution is -0.113. The van der Waals surface area contributed by atoms with Gasteiger partial charge in [0.15, 0.2) is 11.0 Å². The Hall–Kier alpha value is -3.13. The molecule has 2 N–H and O–H groups in total. The second-order valence-corrected chi connectivity index (χ2v) is 7.61. The smallest absolute Gasteiger partial charge is 0.251 e. The molecule has 1 atom stereocenters. The highest BCUT2D eigenvalue weighted by atomic mass is 32.2. The maximum atomic E-state index is 12.3. The zero-order valence-corrected chi connectivity index (χ0v) is 17.4. The molecule has 29 heavy (non-hydrogen) atoms. The van der Waals surface area contributed by atoms with Gasteiger partial charge < -0.3 is 15.2 Å². The number of hydrogen-bond acceptors (Lipinski definition) is 5. The van der Waals surface area contributed by atoms with Crippen LogP contribution in [-0.4, -0.2) is 32.3 Å². The molecular weight excluding hydrogens is 386 g/mol. The highest BCUT2D eigenvalue weighted by Crippen LogP contribution is 2.20. The molecule has 0 saturated heterocycles. The predicted molar refractivity (Wildman–Crippen MR) is 114 cm³/mol. The predicted octanol–water partition coefficient (Wildman–Crippen LogP) is 3.35. The molecule has 8 heteroatoms. The van der Waals surface area contributed by atoms with Crippen molar-refractivity contribution in [3.8, 4) is 0 Å². The molecule has 0 unspecified atom stereocenters. The zero-order chi connectivity index (χ0) is 20.8. The molecule has 0 saturated carbocycles. The second-order valence-electron chi connectivity index (χ2n) is 6.66. The lowest BCUT2D eigenvalue weighted by atomic mass is 10.2. The number of carbonyl (C=O) groups is 2. The molecular formula is C21H23N5O2S.